The van der Waals surface area contributed by atoms with Gasteiger partial charge in [-0.05, 0) is 93.7 Å². The van der Waals surface area contributed by atoms with E-state index in [0.29, 0.717) is 31.1 Å². The second-order valence-electron chi connectivity index (χ2n) is 17.7. The van der Waals surface area contributed by atoms with E-state index < -0.39 is 111 Å². The third kappa shape index (κ3) is 8.28. The van der Waals surface area contributed by atoms with E-state index in [1.165, 1.54) is 26.3 Å². The molecule has 4 amide bonds. The number of sulfonamides is 1. The molecule has 1 aromatic carbocycles. The van der Waals surface area contributed by atoms with Crippen LogP contribution in [0.4, 0.5) is 22.4 Å². The highest BCUT2D eigenvalue weighted by atomic mass is 32.2. The Hall–Kier alpha value is -4.72. The molecule has 8 atom stereocenters. The molecule has 5 aliphatic rings. The van der Waals surface area contributed by atoms with Gasteiger partial charge in [-0.2, -0.15) is 13.2 Å². The summed E-state index contributed by atoms with van der Waals surface area (Å²) in [6.07, 6.45) is -2.66. The molecule has 2 saturated carbocycles. The number of alkyl halides is 3. The molecule has 2 aliphatic carbocycles. The molecule has 2 aromatic rings. The van der Waals surface area contributed by atoms with Crippen LogP contribution in [0, 0.1) is 23.6 Å². The number of fused-ring (bicyclic) bond motifs is 3. The van der Waals surface area contributed by atoms with Crippen LogP contribution in [0.2, 0.25) is 0 Å². The molecule has 20 heteroatoms. The van der Waals surface area contributed by atoms with Crippen molar-refractivity contribution in [3.63, 3.8) is 0 Å². The van der Waals surface area contributed by atoms with Gasteiger partial charge in [0.15, 0.2) is 11.6 Å². The summed E-state index contributed by atoms with van der Waals surface area (Å²) in [4.78, 5) is 62.9. The Kier molecular flexibility index (Phi) is 12.3. The minimum Gasteiger partial charge on any atom is -0.494 e. The molecule has 7 rings (SSSR count). The molecule has 4 fully saturated rings. The van der Waals surface area contributed by atoms with Crippen LogP contribution < -0.4 is 19.5 Å². The van der Waals surface area contributed by atoms with Crippen molar-refractivity contribution >= 4 is 44.6 Å². The number of carboxylic acid groups (broad SMARTS) is 1. The number of hydrogen-bond acceptors (Lipinski definition) is 10. The summed E-state index contributed by atoms with van der Waals surface area (Å²) in [6, 6.07) is 0.553. The average Bonchev–Trinajstić information content (AvgIpc) is 4.10. The number of pyridine rings is 1. The minimum atomic E-state index is -5.28. The van der Waals surface area contributed by atoms with Gasteiger partial charge in [0.05, 0.1) is 18.4 Å². The fraction of sp³-hybridized carbons (Fsp3) is 0.643. The van der Waals surface area contributed by atoms with E-state index in [-0.39, 0.29) is 66.4 Å². The van der Waals surface area contributed by atoms with Crippen molar-refractivity contribution in [3.8, 4) is 11.6 Å². The van der Waals surface area contributed by atoms with E-state index in [2.05, 4.69) is 15.0 Å². The predicted octanol–water partition coefficient (Wildman–Crippen LogP) is 5.81. The summed E-state index contributed by atoms with van der Waals surface area (Å²) >= 11 is 0. The average molecular weight is 896 g/mol. The third-order valence-corrected chi connectivity index (χ3v) is 15.6. The van der Waals surface area contributed by atoms with Crippen molar-refractivity contribution < 1.29 is 64.5 Å². The lowest BCUT2D eigenvalue weighted by molar-refractivity contribution is -0.341. The van der Waals surface area contributed by atoms with Gasteiger partial charge in [-0.25, -0.2) is 22.6 Å². The Morgan fingerprint density at radius 2 is 1.90 bits per heavy atom. The van der Waals surface area contributed by atoms with E-state index in [0.717, 1.165) is 11.0 Å². The highest BCUT2D eigenvalue weighted by Gasteiger charge is 2.67. The Labute approximate surface area is 356 Å². The van der Waals surface area contributed by atoms with E-state index in [9.17, 15) is 27.9 Å². The highest BCUT2D eigenvalue weighted by Crippen LogP contribution is 2.49. The SMILES string of the molecule is CC[C@@H]1C[C@H](C)CC/C=C\[C@@H]2C[C@@]2(C(=O)NS(=O)(=O)C2(C)CC2)NC(=O)[C@@H]2C[C@@H](Oc3nccc4cc(OC)c(F)cc34)CN2C(=O)[C@H]1N(C(=O)O)C1(C(F)(F)F)CCCCO1. The van der Waals surface area contributed by atoms with Gasteiger partial charge >= 0.3 is 12.3 Å². The Bertz CT molecular complexity index is 2230. The summed E-state index contributed by atoms with van der Waals surface area (Å²) in [6.45, 7) is 4.12. The summed E-state index contributed by atoms with van der Waals surface area (Å²) in [5.41, 5.74) is -5.16. The zero-order valence-corrected chi connectivity index (χ0v) is 35.8. The van der Waals surface area contributed by atoms with Gasteiger partial charge in [0.25, 0.3) is 5.91 Å². The van der Waals surface area contributed by atoms with Gasteiger partial charge in [0.2, 0.25) is 33.4 Å². The fourth-order valence-electron chi connectivity index (χ4n) is 9.31. The van der Waals surface area contributed by atoms with Crippen LogP contribution in [-0.2, 0) is 29.1 Å². The van der Waals surface area contributed by atoms with E-state index in [1.807, 2.05) is 6.92 Å². The number of amides is 4. The number of carbonyl (C=O) groups excluding carboxylic acids is 3. The van der Waals surface area contributed by atoms with Gasteiger partial charge in [-0.1, -0.05) is 32.4 Å². The number of hydrogen-bond donors (Lipinski definition) is 3. The molecule has 15 nitrogen and oxygen atoms in total. The molecular weight excluding hydrogens is 843 g/mol. The van der Waals surface area contributed by atoms with Crippen LogP contribution in [0.3, 0.4) is 0 Å². The summed E-state index contributed by atoms with van der Waals surface area (Å²) < 4.78 is 106. The zero-order chi connectivity index (χ0) is 45.0. The van der Waals surface area contributed by atoms with Crippen LogP contribution in [0.25, 0.3) is 10.8 Å². The lowest BCUT2D eigenvalue weighted by atomic mass is 9.82. The largest absolute Gasteiger partial charge is 0.494 e. The second-order valence-corrected chi connectivity index (χ2v) is 19.9. The van der Waals surface area contributed by atoms with Crippen LogP contribution in [0.1, 0.15) is 91.4 Å². The van der Waals surface area contributed by atoms with Crippen LogP contribution in [-0.4, -0.2) is 113 Å². The highest BCUT2D eigenvalue weighted by molar-refractivity contribution is 7.91. The standard InChI is InChI=1S/C42H53F4N5O10S/c1-5-25-18-24(2)10-6-7-11-27-22-40(27,37(54)49-62(57,58)39(3)14-15-39)48-34(52)31-20-28(61-35-29-21-30(43)32(59-4)19-26(29)12-16-47-35)23-50(31)36(53)33(25)51(38(55)56)41(42(44,45)46)13-8-9-17-60-41/h7,11-12,16,19,21,24-25,27-28,31,33H,5-6,8-10,13-15,17-18,20,22-23H2,1-4H3,(H,48,52)(H,49,54)(H,55,56)/b11-7-/t24-,25-,27-,28-,31+,33+,40-,41?/m1/s1. The molecule has 0 spiro atoms. The molecule has 62 heavy (non-hydrogen) atoms. The van der Waals surface area contributed by atoms with E-state index in [1.54, 1.807) is 25.1 Å². The molecule has 4 heterocycles. The number of methoxy groups -OCH3 is 1. The first-order chi connectivity index (χ1) is 29.2. The molecule has 340 valence electrons. The normalized spacial score (nSPS) is 32.0. The topological polar surface area (TPSA) is 194 Å². The maximum absolute atomic E-state index is 15.4. The van der Waals surface area contributed by atoms with Crippen molar-refractivity contribution in [2.24, 2.45) is 17.8 Å². The van der Waals surface area contributed by atoms with Gasteiger partial charge in [-0.15, -0.1) is 0 Å². The molecule has 1 aromatic heterocycles. The monoisotopic (exact) mass is 895 g/mol. The molecule has 3 N–H and O–H groups in total. The quantitative estimate of drug-likeness (QED) is 0.203. The number of benzene rings is 1. The number of nitrogens with zero attached hydrogens (tertiary/aromatic N) is 3. The van der Waals surface area contributed by atoms with Crippen molar-refractivity contribution in [2.45, 2.75) is 132 Å². The van der Waals surface area contributed by atoms with Crippen molar-refractivity contribution in [3.05, 3.63) is 42.4 Å². The third-order valence-electron chi connectivity index (χ3n) is 13.4. The number of carbonyl (C=O) groups is 4. The number of nitrogens with one attached hydrogen (secondary N) is 2. The van der Waals surface area contributed by atoms with Crippen molar-refractivity contribution in [2.75, 3.05) is 20.3 Å². The first-order valence-corrected chi connectivity index (χ1v) is 22.6. The number of aromatic nitrogens is 1. The predicted molar refractivity (Wildman–Crippen MR) is 215 cm³/mol. The minimum absolute atomic E-state index is 0.0111. The fourth-order valence-corrected chi connectivity index (χ4v) is 10.6. The maximum Gasteiger partial charge on any atom is 0.437 e. The first kappa shape index (κ1) is 45.3. The maximum atomic E-state index is 15.4. The van der Waals surface area contributed by atoms with Crippen molar-refractivity contribution in [1.29, 1.82) is 0 Å². The molecule has 0 bridgehead atoms. The smallest absolute Gasteiger partial charge is 0.437 e. The zero-order valence-electron chi connectivity index (χ0n) is 35.0. The lowest BCUT2D eigenvalue weighted by Crippen LogP contribution is -2.70. The molecule has 1 unspecified atom stereocenters. The molecule has 0 radical (unpaired) electrons. The molecular formula is C42H53F4N5O10S. The van der Waals surface area contributed by atoms with Crippen LogP contribution in [0.15, 0.2) is 36.5 Å². The summed E-state index contributed by atoms with van der Waals surface area (Å²) in [7, 11) is -2.87. The van der Waals surface area contributed by atoms with Gasteiger partial charge in [0.1, 0.15) is 23.7 Å². The second kappa shape index (κ2) is 16.8. The summed E-state index contributed by atoms with van der Waals surface area (Å²) in [5.74, 6) is -5.79. The number of rotatable bonds is 9. The van der Waals surface area contributed by atoms with Gasteiger partial charge in [-0.3, -0.25) is 24.0 Å². The van der Waals surface area contributed by atoms with E-state index in [4.69, 9.17) is 14.2 Å². The van der Waals surface area contributed by atoms with Crippen LogP contribution >= 0.6 is 0 Å². The molecule has 2 saturated heterocycles. The number of ether oxygens (including phenoxy) is 3. The Morgan fingerprint density at radius 1 is 1.16 bits per heavy atom. The number of halogens is 4. The van der Waals surface area contributed by atoms with E-state index >= 15 is 22.4 Å². The van der Waals surface area contributed by atoms with Gasteiger partial charge < -0.3 is 29.5 Å². The van der Waals surface area contributed by atoms with Crippen LogP contribution in [0.5, 0.6) is 11.6 Å². The summed E-state index contributed by atoms with van der Waals surface area (Å²) in [5, 5.41) is 14.2. The number of allylic oxidation sites excluding steroid dienone is 1. The first-order valence-electron chi connectivity index (χ1n) is 21.1. The van der Waals surface area contributed by atoms with Crippen molar-refractivity contribution in [1.82, 2.24) is 24.8 Å². The Balaban J connectivity index is 1.33. The van der Waals surface area contributed by atoms with Gasteiger partial charge in [0, 0.05) is 36.9 Å². The molecule has 3 aliphatic heterocycles. The Morgan fingerprint density at radius 3 is 2.53 bits per heavy atom. The lowest BCUT2D eigenvalue weighted by Gasteiger charge is -2.50.